The van der Waals surface area contributed by atoms with E-state index in [2.05, 4.69) is 19.2 Å². The summed E-state index contributed by atoms with van der Waals surface area (Å²) < 4.78 is 10.1. The van der Waals surface area contributed by atoms with Crippen molar-refractivity contribution in [3.63, 3.8) is 0 Å². The van der Waals surface area contributed by atoms with Crippen molar-refractivity contribution in [2.75, 3.05) is 18.5 Å². The van der Waals surface area contributed by atoms with E-state index in [1.54, 1.807) is 6.92 Å². The number of hydrogen-bond acceptors (Lipinski definition) is 6. The van der Waals surface area contributed by atoms with Crippen LogP contribution in [-0.4, -0.2) is 31.1 Å². The molecular formula is C18H25NO5S. The van der Waals surface area contributed by atoms with Gasteiger partial charge in [-0.2, -0.15) is 0 Å². The van der Waals surface area contributed by atoms with Crippen LogP contribution in [0.15, 0.2) is 5.38 Å². The topological polar surface area (TPSA) is 81.7 Å². The van der Waals surface area contributed by atoms with Gasteiger partial charge < -0.3 is 14.8 Å². The van der Waals surface area contributed by atoms with Crippen LogP contribution in [0.25, 0.3) is 0 Å². The highest BCUT2D eigenvalue weighted by atomic mass is 32.1. The van der Waals surface area contributed by atoms with Crippen molar-refractivity contribution in [2.24, 2.45) is 17.8 Å². The van der Waals surface area contributed by atoms with Crippen molar-refractivity contribution in [3.8, 4) is 0 Å². The van der Waals surface area contributed by atoms with E-state index in [0.717, 1.165) is 18.4 Å². The summed E-state index contributed by atoms with van der Waals surface area (Å²) in [7, 11) is 0. The van der Waals surface area contributed by atoms with Crippen LogP contribution >= 0.6 is 11.3 Å². The van der Waals surface area contributed by atoms with E-state index < -0.39 is 11.9 Å². The summed E-state index contributed by atoms with van der Waals surface area (Å²) in [5.74, 6) is -0.611. The lowest BCUT2D eigenvalue weighted by molar-refractivity contribution is -0.148. The molecule has 0 aromatic carbocycles. The van der Waals surface area contributed by atoms with Crippen LogP contribution in [0.5, 0.6) is 0 Å². The van der Waals surface area contributed by atoms with Crippen LogP contribution < -0.4 is 5.32 Å². The average molecular weight is 367 g/mol. The van der Waals surface area contributed by atoms with Gasteiger partial charge in [-0.3, -0.25) is 9.59 Å². The zero-order chi connectivity index (χ0) is 18.6. The first-order chi connectivity index (χ1) is 11.8. The van der Waals surface area contributed by atoms with Crippen molar-refractivity contribution >= 4 is 34.2 Å². The van der Waals surface area contributed by atoms with Crippen molar-refractivity contribution < 1.29 is 23.9 Å². The lowest BCUT2D eigenvalue weighted by atomic mass is 10.0. The first-order valence-corrected chi connectivity index (χ1v) is 9.45. The molecule has 2 atom stereocenters. The first-order valence-electron chi connectivity index (χ1n) is 8.57. The fourth-order valence-corrected chi connectivity index (χ4v) is 3.54. The molecule has 0 saturated heterocycles. The molecule has 0 spiro atoms. The van der Waals surface area contributed by atoms with Gasteiger partial charge in [0.25, 0.3) is 5.91 Å². The van der Waals surface area contributed by atoms with E-state index in [4.69, 9.17) is 9.47 Å². The predicted octanol–water partition coefficient (Wildman–Crippen LogP) is 3.26. The fourth-order valence-electron chi connectivity index (χ4n) is 2.56. The van der Waals surface area contributed by atoms with Gasteiger partial charge in [0.15, 0.2) is 6.61 Å². The Kier molecular flexibility index (Phi) is 6.58. The highest BCUT2D eigenvalue weighted by molar-refractivity contribution is 7.15. The number of thiophene rings is 1. The van der Waals surface area contributed by atoms with Crippen molar-refractivity contribution in [1.82, 2.24) is 0 Å². The number of anilines is 1. The molecule has 0 aliphatic heterocycles. The van der Waals surface area contributed by atoms with Crippen LogP contribution in [0.2, 0.25) is 0 Å². The molecule has 1 saturated carbocycles. The Morgan fingerprint density at radius 3 is 2.56 bits per heavy atom. The summed E-state index contributed by atoms with van der Waals surface area (Å²) in [6.07, 6.45) is 1.53. The van der Waals surface area contributed by atoms with Crippen LogP contribution in [0.3, 0.4) is 0 Å². The van der Waals surface area contributed by atoms with Gasteiger partial charge in [-0.1, -0.05) is 20.8 Å². The van der Waals surface area contributed by atoms with Crippen LogP contribution in [-0.2, 0) is 25.5 Å². The molecule has 25 heavy (non-hydrogen) atoms. The van der Waals surface area contributed by atoms with Gasteiger partial charge >= 0.3 is 11.9 Å². The average Bonchev–Trinajstić information content (AvgIpc) is 3.14. The summed E-state index contributed by atoms with van der Waals surface area (Å²) in [4.78, 5) is 36.0. The molecule has 1 aromatic heterocycles. The molecule has 1 fully saturated rings. The molecule has 138 valence electrons. The van der Waals surface area contributed by atoms with Gasteiger partial charge in [0.05, 0.1) is 18.1 Å². The number of carbonyl (C=O) groups excluding carboxylic acids is 3. The van der Waals surface area contributed by atoms with Crippen molar-refractivity contribution in [3.05, 3.63) is 16.5 Å². The van der Waals surface area contributed by atoms with Gasteiger partial charge in [0, 0.05) is 0 Å². The smallest absolute Gasteiger partial charge is 0.341 e. The monoisotopic (exact) mass is 367 g/mol. The molecule has 7 heteroatoms. The third-order valence-corrected chi connectivity index (χ3v) is 4.93. The van der Waals surface area contributed by atoms with Crippen molar-refractivity contribution in [2.45, 2.75) is 40.5 Å². The minimum absolute atomic E-state index is 0.0812. The molecule has 1 amide bonds. The van der Waals surface area contributed by atoms with E-state index in [-0.39, 0.29) is 25.1 Å². The predicted molar refractivity (Wildman–Crippen MR) is 95.7 cm³/mol. The maximum absolute atomic E-state index is 12.3. The standard InChI is InChI=1S/C18H25NO5S/c1-5-23-18(22)15-12(6-10(2)3)9-25-16(15)19-14(20)8-24-17(21)13-7-11(13)4/h9-11,13H,5-8H2,1-4H3,(H,19,20)/t11-,13+/m0/s1. The number of nitrogens with one attached hydrogen (secondary N) is 1. The Balaban J connectivity index is 2.01. The molecule has 2 rings (SSSR count). The minimum atomic E-state index is -0.454. The number of esters is 2. The Morgan fingerprint density at radius 1 is 1.32 bits per heavy atom. The lowest BCUT2D eigenvalue weighted by Crippen LogP contribution is -2.22. The summed E-state index contributed by atoms with van der Waals surface area (Å²) in [6.45, 7) is 7.75. The Bertz CT molecular complexity index is 652. The molecule has 1 N–H and O–H groups in total. The first kappa shape index (κ1) is 19.4. The SMILES string of the molecule is CCOC(=O)c1c(CC(C)C)csc1NC(=O)COC(=O)[C@@H]1C[C@@H]1C. The second-order valence-electron chi connectivity index (χ2n) is 6.76. The highest BCUT2D eigenvalue weighted by Gasteiger charge is 2.40. The molecule has 0 unspecified atom stereocenters. The van der Waals surface area contributed by atoms with E-state index in [9.17, 15) is 14.4 Å². The van der Waals surface area contributed by atoms with Gasteiger partial charge in [0.1, 0.15) is 5.00 Å². The Labute approximate surface area is 151 Å². The largest absolute Gasteiger partial charge is 0.462 e. The van der Waals surface area contributed by atoms with E-state index in [1.165, 1.54) is 11.3 Å². The minimum Gasteiger partial charge on any atom is -0.462 e. The normalized spacial score (nSPS) is 18.8. The summed E-state index contributed by atoms with van der Waals surface area (Å²) in [5, 5.41) is 4.97. The van der Waals surface area contributed by atoms with E-state index in [1.807, 2.05) is 12.3 Å². The second kappa shape index (κ2) is 8.47. The zero-order valence-electron chi connectivity index (χ0n) is 15.1. The Hall–Kier alpha value is -1.89. The summed E-state index contributed by atoms with van der Waals surface area (Å²) in [5.41, 5.74) is 1.26. The highest BCUT2D eigenvalue weighted by Crippen LogP contribution is 2.38. The quantitative estimate of drug-likeness (QED) is 0.713. The van der Waals surface area contributed by atoms with E-state index in [0.29, 0.717) is 22.4 Å². The van der Waals surface area contributed by atoms with Crippen molar-refractivity contribution in [1.29, 1.82) is 0 Å². The van der Waals surface area contributed by atoms with Crippen LogP contribution in [0.1, 0.15) is 50.0 Å². The molecule has 1 aliphatic rings. The third kappa shape index (κ3) is 5.29. The number of carbonyl (C=O) groups is 3. The van der Waals surface area contributed by atoms with E-state index >= 15 is 0 Å². The number of ether oxygens (including phenoxy) is 2. The molecule has 1 heterocycles. The maximum atomic E-state index is 12.3. The summed E-state index contributed by atoms with van der Waals surface area (Å²) in [6, 6.07) is 0. The Morgan fingerprint density at radius 2 is 2.00 bits per heavy atom. The van der Waals surface area contributed by atoms with Gasteiger partial charge in [0.2, 0.25) is 0 Å². The number of amides is 1. The van der Waals surface area contributed by atoms with Gasteiger partial charge in [-0.15, -0.1) is 11.3 Å². The maximum Gasteiger partial charge on any atom is 0.341 e. The van der Waals surface area contributed by atoms with Gasteiger partial charge in [-0.05, 0) is 42.5 Å². The molecule has 1 aliphatic carbocycles. The van der Waals surface area contributed by atoms with Gasteiger partial charge in [-0.25, -0.2) is 4.79 Å². The molecule has 6 nitrogen and oxygen atoms in total. The second-order valence-corrected chi connectivity index (χ2v) is 7.64. The number of hydrogen-bond donors (Lipinski definition) is 1. The molecule has 0 radical (unpaired) electrons. The molecular weight excluding hydrogens is 342 g/mol. The zero-order valence-corrected chi connectivity index (χ0v) is 15.9. The number of rotatable bonds is 8. The van der Waals surface area contributed by atoms with Crippen LogP contribution in [0.4, 0.5) is 5.00 Å². The fraction of sp³-hybridized carbons (Fsp3) is 0.611. The summed E-state index contributed by atoms with van der Waals surface area (Å²) >= 11 is 1.28. The van der Waals surface area contributed by atoms with Crippen LogP contribution in [0, 0.1) is 17.8 Å². The lowest BCUT2D eigenvalue weighted by Gasteiger charge is -2.10. The molecule has 1 aromatic rings. The third-order valence-electron chi connectivity index (χ3n) is 3.99. The molecule has 0 bridgehead atoms.